The highest BCUT2D eigenvalue weighted by Crippen LogP contribution is 2.37. The molecule has 2 nitrogen and oxygen atoms in total. The number of ether oxygens (including phenoxy) is 1. The Balaban J connectivity index is 2.09. The van der Waals surface area contributed by atoms with Gasteiger partial charge in [0, 0.05) is 5.57 Å². The zero-order chi connectivity index (χ0) is 11.5. The zero-order valence-electron chi connectivity index (χ0n) is 10.1. The summed E-state index contributed by atoms with van der Waals surface area (Å²) in [5.41, 5.74) is 3.49. The Kier molecular flexibility index (Phi) is 3.47. The molecule has 0 N–H and O–H groups in total. The molecule has 1 atom stereocenters. The molecule has 0 amide bonds. The number of hydrogen-bond acceptors (Lipinski definition) is 2. The van der Waals surface area contributed by atoms with E-state index in [9.17, 15) is 4.79 Å². The molecule has 2 rings (SSSR count). The molecule has 88 valence electrons. The van der Waals surface area contributed by atoms with Crippen LogP contribution >= 0.6 is 0 Å². The smallest absolute Gasteiger partial charge is 0.333 e. The highest BCUT2D eigenvalue weighted by Gasteiger charge is 2.27. The van der Waals surface area contributed by atoms with Gasteiger partial charge in [0.05, 0.1) is 0 Å². The Bertz CT molecular complexity index is 335. The summed E-state index contributed by atoms with van der Waals surface area (Å²) in [6, 6.07) is 0. The topological polar surface area (TPSA) is 26.3 Å². The minimum Gasteiger partial charge on any atom is -0.454 e. The van der Waals surface area contributed by atoms with Gasteiger partial charge in [0.2, 0.25) is 0 Å². The van der Waals surface area contributed by atoms with Crippen LogP contribution in [0.4, 0.5) is 0 Å². The van der Waals surface area contributed by atoms with Gasteiger partial charge in [-0.05, 0) is 57.4 Å². The van der Waals surface area contributed by atoms with Crippen molar-refractivity contribution < 1.29 is 9.53 Å². The lowest BCUT2D eigenvalue weighted by Crippen LogP contribution is -2.26. The number of allylic oxidation sites excluding steroid dienone is 1. The van der Waals surface area contributed by atoms with Crippen molar-refractivity contribution in [1.82, 2.24) is 0 Å². The van der Waals surface area contributed by atoms with Gasteiger partial charge in [-0.15, -0.1) is 0 Å². The minimum atomic E-state index is -0.232. The Hall–Kier alpha value is -1.05. The summed E-state index contributed by atoms with van der Waals surface area (Å²) in [5, 5.41) is 0. The minimum absolute atomic E-state index is 0.0493. The first-order chi connectivity index (χ1) is 7.68. The van der Waals surface area contributed by atoms with Crippen molar-refractivity contribution in [3.05, 3.63) is 23.3 Å². The molecule has 0 fully saturated rings. The molecule has 2 aliphatic rings. The molecule has 2 heteroatoms. The van der Waals surface area contributed by atoms with Crippen LogP contribution in [-0.2, 0) is 9.53 Å². The highest BCUT2D eigenvalue weighted by molar-refractivity contribution is 5.87. The molecular weight excluding hydrogens is 200 g/mol. The molecular formula is C14H20O2. The van der Waals surface area contributed by atoms with E-state index in [0.29, 0.717) is 5.57 Å². The maximum absolute atomic E-state index is 11.5. The fourth-order valence-corrected chi connectivity index (χ4v) is 2.70. The summed E-state index contributed by atoms with van der Waals surface area (Å²) in [4.78, 5) is 11.5. The lowest BCUT2D eigenvalue weighted by Gasteiger charge is -2.31. The van der Waals surface area contributed by atoms with E-state index in [0.717, 1.165) is 19.3 Å². The van der Waals surface area contributed by atoms with Crippen LogP contribution in [0.15, 0.2) is 23.3 Å². The third kappa shape index (κ3) is 2.37. The van der Waals surface area contributed by atoms with Gasteiger partial charge in [0.25, 0.3) is 0 Å². The van der Waals surface area contributed by atoms with Gasteiger partial charge in [-0.25, -0.2) is 4.79 Å². The molecule has 0 aliphatic heterocycles. The Labute approximate surface area is 97.4 Å². The average Bonchev–Trinajstić information content (AvgIpc) is 2.29. The van der Waals surface area contributed by atoms with Gasteiger partial charge >= 0.3 is 5.97 Å². The lowest BCUT2D eigenvalue weighted by molar-refractivity contribution is -0.143. The van der Waals surface area contributed by atoms with E-state index in [1.165, 1.54) is 31.3 Å². The third-order valence-corrected chi connectivity index (χ3v) is 3.56. The first kappa shape index (κ1) is 11.4. The van der Waals surface area contributed by atoms with Crippen molar-refractivity contribution in [3.63, 3.8) is 0 Å². The van der Waals surface area contributed by atoms with Gasteiger partial charge in [-0.1, -0.05) is 12.2 Å². The highest BCUT2D eigenvalue weighted by atomic mass is 16.5. The number of hydrogen-bond donors (Lipinski definition) is 0. The van der Waals surface area contributed by atoms with Gasteiger partial charge in [0.15, 0.2) is 0 Å². The van der Waals surface area contributed by atoms with E-state index < -0.39 is 0 Å². The second kappa shape index (κ2) is 4.86. The maximum atomic E-state index is 11.5. The van der Waals surface area contributed by atoms with Crippen molar-refractivity contribution in [2.75, 3.05) is 0 Å². The van der Waals surface area contributed by atoms with Gasteiger partial charge in [-0.2, -0.15) is 0 Å². The van der Waals surface area contributed by atoms with Crippen LogP contribution in [-0.4, -0.2) is 12.1 Å². The van der Waals surface area contributed by atoms with E-state index in [2.05, 4.69) is 6.58 Å². The van der Waals surface area contributed by atoms with Gasteiger partial charge < -0.3 is 4.74 Å². The Morgan fingerprint density at radius 2 is 1.94 bits per heavy atom. The van der Waals surface area contributed by atoms with Crippen molar-refractivity contribution in [2.45, 2.75) is 58.0 Å². The molecule has 0 saturated heterocycles. The monoisotopic (exact) mass is 220 g/mol. The van der Waals surface area contributed by atoms with Crippen LogP contribution < -0.4 is 0 Å². The van der Waals surface area contributed by atoms with Crippen LogP contribution in [0.5, 0.6) is 0 Å². The third-order valence-electron chi connectivity index (χ3n) is 3.56. The van der Waals surface area contributed by atoms with Crippen LogP contribution in [0, 0.1) is 0 Å². The van der Waals surface area contributed by atoms with Crippen LogP contribution in [0.25, 0.3) is 0 Å². The molecule has 0 saturated carbocycles. The summed E-state index contributed by atoms with van der Waals surface area (Å²) >= 11 is 0. The van der Waals surface area contributed by atoms with E-state index in [-0.39, 0.29) is 12.1 Å². The van der Waals surface area contributed by atoms with Crippen molar-refractivity contribution in [2.24, 2.45) is 0 Å². The molecule has 0 spiro atoms. The predicted octanol–water partition coefficient (Wildman–Crippen LogP) is 3.53. The van der Waals surface area contributed by atoms with E-state index in [4.69, 9.17) is 4.74 Å². The molecule has 0 aromatic rings. The summed E-state index contributed by atoms with van der Waals surface area (Å²) < 4.78 is 5.53. The number of carbonyl (C=O) groups excluding carboxylic acids is 1. The molecule has 16 heavy (non-hydrogen) atoms. The number of rotatable bonds is 2. The largest absolute Gasteiger partial charge is 0.454 e. The molecule has 0 heterocycles. The SMILES string of the molecule is C=C(C)C(=O)OC1CCCC2=C1CCCC2. The lowest BCUT2D eigenvalue weighted by atomic mass is 9.80. The zero-order valence-corrected chi connectivity index (χ0v) is 10.1. The fourth-order valence-electron chi connectivity index (χ4n) is 2.70. The normalized spacial score (nSPS) is 24.9. The first-order valence-corrected chi connectivity index (χ1v) is 6.26. The standard InChI is InChI=1S/C14H20O2/c1-10(2)14(15)16-13-9-5-7-11-6-3-4-8-12(11)13/h13H,1,3-9H2,2H3. The molecule has 0 bridgehead atoms. The Morgan fingerprint density at radius 1 is 1.25 bits per heavy atom. The maximum Gasteiger partial charge on any atom is 0.333 e. The van der Waals surface area contributed by atoms with E-state index in [1.807, 2.05) is 0 Å². The molecule has 0 aromatic carbocycles. The van der Waals surface area contributed by atoms with E-state index in [1.54, 1.807) is 12.5 Å². The number of carbonyl (C=O) groups is 1. The molecule has 2 aliphatic carbocycles. The quantitative estimate of drug-likeness (QED) is 0.404. The second-order valence-corrected chi connectivity index (χ2v) is 4.90. The summed E-state index contributed by atoms with van der Waals surface area (Å²) in [5.74, 6) is -0.232. The first-order valence-electron chi connectivity index (χ1n) is 6.26. The molecule has 0 radical (unpaired) electrons. The van der Waals surface area contributed by atoms with Crippen molar-refractivity contribution >= 4 is 5.97 Å². The van der Waals surface area contributed by atoms with Crippen molar-refractivity contribution in [3.8, 4) is 0 Å². The molecule has 1 unspecified atom stereocenters. The van der Waals surface area contributed by atoms with Crippen LogP contribution in [0.3, 0.4) is 0 Å². The molecule has 0 aromatic heterocycles. The summed E-state index contributed by atoms with van der Waals surface area (Å²) in [6.07, 6.45) is 8.33. The van der Waals surface area contributed by atoms with Gasteiger partial charge in [0.1, 0.15) is 6.10 Å². The van der Waals surface area contributed by atoms with Crippen LogP contribution in [0.1, 0.15) is 51.9 Å². The average molecular weight is 220 g/mol. The second-order valence-electron chi connectivity index (χ2n) is 4.90. The van der Waals surface area contributed by atoms with Crippen molar-refractivity contribution in [1.29, 1.82) is 0 Å². The number of esters is 1. The fraction of sp³-hybridized carbons (Fsp3) is 0.643. The van der Waals surface area contributed by atoms with Crippen LogP contribution in [0.2, 0.25) is 0 Å². The predicted molar refractivity (Wildman–Crippen MR) is 64.0 cm³/mol. The summed E-state index contributed by atoms with van der Waals surface area (Å²) in [7, 11) is 0. The van der Waals surface area contributed by atoms with E-state index >= 15 is 0 Å². The Morgan fingerprint density at radius 3 is 2.69 bits per heavy atom. The summed E-state index contributed by atoms with van der Waals surface area (Å²) in [6.45, 7) is 5.34. The van der Waals surface area contributed by atoms with Gasteiger partial charge in [-0.3, -0.25) is 0 Å².